The molecule has 106 valence electrons. The Labute approximate surface area is 105 Å². The molecular formula is C12H20F3NO2. The fourth-order valence-corrected chi connectivity index (χ4v) is 2.33. The molecule has 0 spiro atoms. The molecule has 0 aromatic heterocycles. The Morgan fingerprint density at radius 2 is 1.83 bits per heavy atom. The topological polar surface area (TPSA) is 29.5 Å². The summed E-state index contributed by atoms with van der Waals surface area (Å²) in [5.41, 5.74) is 0. The van der Waals surface area contributed by atoms with E-state index in [0.717, 1.165) is 32.1 Å². The van der Waals surface area contributed by atoms with Gasteiger partial charge >= 0.3 is 12.3 Å². The standard InChI is InChI=1S/C12H20F3NO2/c1-3-9-4-6-10(7-5-9)16(2)11(17)18-8-12(13,14)15/h9-10H,3-8H2,1-2H3. The zero-order chi connectivity index (χ0) is 13.8. The molecule has 0 saturated heterocycles. The van der Waals surface area contributed by atoms with E-state index in [2.05, 4.69) is 11.7 Å². The number of alkyl halides is 3. The third-order valence-corrected chi connectivity index (χ3v) is 3.59. The summed E-state index contributed by atoms with van der Waals surface area (Å²) in [6, 6.07) is 0.00790. The highest BCUT2D eigenvalue weighted by molar-refractivity contribution is 5.67. The first kappa shape index (κ1) is 15.1. The summed E-state index contributed by atoms with van der Waals surface area (Å²) >= 11 is 0. The lowest BCUT2D eigenvalue weighted by atomic mass is 9.84. The second kappa shape index (κ2) is 6.29. The quantitative estimate of drug-likeness (QED) is 0.782. The normalized spacial score (nSPS) is 24.7. The van der Waals surface area contributed by atoms with Gasteiger partial charge in [-0.05, 0) is 31.6 Å². The predicted octanol–water partition coefficient (Wildman–Crippen LogP) is 3.59. The van der Waals surface area contributed by atoms with E-state index < -0.39 is 18.9 Å². The minimum absolute atomic E-state index is 0.00790. The van der Waals surface area contributed by atoms with Crippen LogP contribution in [0.25, 0.3) is 0 Å². The molecule has 1 aliphatic carbocycles. The zero-order valence-electron chi connectivity index (χ0n) is 10.8. The lowest BCUT2D eigenvalue weighted by molar-refractivity contribution is -0.162. The third kappa shape index (κ3) is 4.74. The first-order valence-corrected chi connectivity index (χ1v) is 6.29. The Bertz CT molecular complexity index is 273. The van der Waals surface area contributed by atoms with Crippen LogP contribution in [0, 0.1) is 5.92 Å². The Morgan fingerprint density at radius 1 is 1.28 bits per heavy atom. The van der Waals surface area contributed by atoms with Gasteiger partial charge in [0, 0.05) is 13.1 Å². The summed E-state index contributed by atoms with van der Waals surface area (Å²) in [5.74, 6) is 0.681. The summed E-state index contributed by atoms with van der Waals surface area (Å²) in [7, 11) is 1.51. The smallest absolute Gasteiger partial charge is 0.422 e. The maximum absolute atomic E-state index is 11.9. The van der Waals surface area contributed by atoms with Crippen LogP contribution in [0.5, 0.6) is 0 Å². The average Bonchev–Trinajstić information content (AvgIpc) is 2.34. The van der Waals surface area contributed by atoms with Crippen molar-refractivity contribution in [2.24, 2.45) is 5.92 Å². The van der Waals surface area contributed by atoms with Gasteiger partial charge in [-0.3, -0.25) is 0 Å². The molecule has 0 bridgehead atoms. The van der Waals surface area contributed by atoms with Crippen molar-refractivity contribution in [2.75, 3.05) is 13.7 Å². The Morgan fingerprint density at radius 3 is 2.28 bits per heavy atom. The number of hydrogen-bond acceptors (Lipinski definition) is 2. The van der Waals surface area contributed by atoms with E-state index in [1.165, 1.54) is 11.9 Å². The van der Waals surface area contributed by atoms with Gasteiger partial charge in [0.15, 0.2) is 6.61 Å². The molecule has 3 nitrogen and oxygen atoms in total. The van der Waals surface area contributed by atoms with E-state index in [4.69, 9.17) is 0 Å². The van der Waals surface area contributed by atoms with Crippen LogP contribution in [0.2, 0.25) is 0 Å². The Balaban J connectivity index is 2.35. The van der Waals surface area contributed by atoms with Crippen molar-refractivity contribution in [1.82, 2.24) is 4.90 Å². The van der Waals surface area contributed by atoms with E-state index in [-0.39, 0.29) is 6.04 Å². The van der Waals surface area contributed by atoms with Gasteiger partial charge in [0.25, 0.3) is 0 Å². The minimum atomic E-state index is -4.46. The molecule has 0 unspecified atom stereocenters. The molecule has 0 heterocycles. The number of halogens is 3. The highest BCUT2D eigenvalue weighted by Crippen LogP contribution is 2.29. The molecular weight excluding hydrogens is 247 g/mol. The fourth-order valence-electron chi connectivity index (χ4n) is 2.33. The summed E-state index contributed by atoms with van der Waals surface area (Å²) in [4.78, 5) is 12.7. The van der Waals surface area contributed by atoms with Crippen LogP contribution in [0.3, 0.4) is 0 Å². The largest absolute Gasteiger partial charge is 0.440 e. The van der Waals surface area contributed by atoms with Crippen LogP contribution in [0.4, 0.5) is 18.0 Å². The highest BCUT2D eigenvalue weighted by Gasteiger charge is 2.32. The fraction of sp³-hybridized carbons (Fsp3) is 0.917. The number of ether oxygens (including phenoxy) is 1. The molecule has 6 heteroatoms. The maximum atomic E-state index is 11.9. The van der Waals surface area contributed by atoms with Gasteiger partial charge in [-0.2, -0.15) is 13.2 Å². The maximum Gasteiger partial charge on any atom is 0.422 e. The number of amides is 1. The molecule has 1 rings (SSSR count). The Kier molecular flexibility index (Phi) is 5.28. The molecule has 0 atom stereocenters. The van der Waals surface area contributed by atoms with Crippen LogP contribution >= 0.6 is 0 Å². The van der Waals surface area contributed by atoms with Crippen molar-refractivity contribution in [3.63, 3.8) is 0 Å². The van der Waals surface area contributed by atoms with Crippen molar-refractivity contribution in [2.45, 2.75) is 51.2 Å². The average molecular weight is 267 g/mol. The van der Waals surface area contributed by atoms with Crippen molar-refractivity contribution < 1.29 is 22.7 Å². The van der Waals surface area contributed by atoms with Gasteiger partial charge < -0.3 is 9.64 Å². The number of rotatable bonds is 3. The summed E-state index contributed by atoms with van der Waals surface area (Å²) in [6.07, 6.45) is -0.486. The monoisotopic (exact) mass is 267 g/mol. The number of carbonyl (C=O) groups is 1. The summed E-state index contributed by atoms with van der Waals surface area (Å²) in [6.45, 7) is 0.618. The van der Waals surface area contributed by atoms with E-state index in [1.807, 2.05) is 0 Å². The third-order valence-electron chi connectivity index (χ3n) is 3.59. The molecule has 18 heavy (non-hydrogen) atoms. The van der Waals surface area contributed by atoms with Gasteiger partial charge in [-0.1, -0.05) is 13.3 Å². The molecule has 1 saturated carbocycles. The van der Waals surface area contributed by atoms with Crippen molar-refractivity contribution >= 4 is 6.09 Å². The molecule has 1 aliphatic rings. The van der Waals surface area contributed by atoms with E-state index in [1.54, 1.807) is 0 Å². The lowest BCUT2D eigenvalue weighted by Gasteiger charge is -2.33. The van der Waals surface area contributed by atoms with Gasteiger partial charge in [-0.25, -0.2) is 4.79 Å². The van der Waals surface area contributed by atoms with Crippen LogP contribution in [-0.4, -0.2) is 36.9 Å². The first-order chi connectivity index (χ1) is 8.33. The highest BCUT2D eigenvalue weighted by atomic mass is 19.4. The van der Waals surface area contributed by atoms with E-state index >= 15 is 0 Å². The molecule has 1 fully saturated rings. The molecule has 0 aliphatic heterocycles. The van der Waals surface area contributed by atoms with Crippen LogP contribution in [0.15, 0.2) is 0 Å². The van der Waals surface area contributed by atoms with Crippen molar-refractivity contribution in [3.8, 4) is 0 Å². The van der Waals surface area contributed by atoms with Crippen LogP contribution in [0.1, 0.15) is 39.0 Å². The van der Waals surface area contributed by atoms with Gasteiger partial charge in [0.05, 0.1) is 0 Å². The second-order valence-electron chi connectivity index (χ2n) is 4.86. The van der Waals surface area contributed by atoms with E-state index in [9.17, 15) is 18.0 Å². The van der Waals surface area contributed by atoms with Crippen LogP contribution in [-0.2, 0) is 4.74 Å². The van der Waals surface area contributed by atoms with Gasteiger partial charge in [0.1, 0.15) is 0 Å². The zero-order valence-corrected chi connectivity index (χ0v) is 10.8. The Hall–Kier alpha value is -0.940. The van der Waals surface area contributed by atoms with Gasteiger partial charge in [-0.15, -0.1) is 0 Å². The number of hydrogen-bond donors (Lipinski definition) is 0. The molecule has 0 radical (unpaired) electrons. The molecule has 1 amide bonds. The minimum Gasteiger partial charge on any atom is -0.440 e. The lowest BCUT2D eigenvalue weighted by Crippen LogP contribution is -2.40. The van der Waals surface area contributed by atoms with Crippen molar-refractivity contribution in [1.29, 1.82) is 0 Å². The molecule has 0 aromatic rings. The molecule has 0 N–H and O–H groups in total. The van der Waals surface area contributed by atoms with E-state index in [0.29, 0.717) is 5.92 Å². The van der Waals surface area contributed by atoms with Crippen LogP contribution < -0.4 is 0 Å². The number of carbonyl (C=O) groups excluding carboxylic acids is 1. The summed E-state index contributed by atoms with van der Waals surface area (Å²) < 4.78 is 40.0. The summed E-state index contributed by atoms with van der Waals surface area (Å²) in [5, 5.41) is 0. The number of nitrogens with zero attached hydrogens (tertiary/aromatic N) is 1. The van der Waals surface area contributed by atoms with Crippen molar-refractivity contribution in [3.05, 3.63) is 0 Å². The predicted molar refractivity (Wildman–Crippen MR) is 61.2 cm³/mol. The SMILES string of the molecule is CCC1CCC(N(C)C(=O)OCC(F)(F)F)CC1. The second-order valence-corrected chi connectivity index (χ2v) is 4.86. The van der Waals surface area contributed by atoms with Gasteiger partial charge in [0.2, 0.25) is 0 Å². The molecule has 0 aromatic carbocycles. The first-order valence-electron chi connectivity index (χ1n) is 6.29.